The zero-order valence-electron chi connectivity index (χ0n) is 11.4. The molecule has 2 aromatic rings. The predicted molar refractivity (Wildman–Crippen MR) is 87.1 cm³/mol. The van der Waals surface area contributed by atoms with Gasteiger partial charge in [-0.1, -0.05) is 18.2 Å². The topological polar surface area (TPSA) is 57.6 Å². The Morgan fingerprint density at radius 1 is 1.29 bits per heavy atom. The molecule has 1 N–H and O–H groups in total. The van der Waals surface area contributed by atoms with Gasteiger partial charge < -0.3 is 10.0 Å². The third kappa shape index (κ3) is 3.71. The number of benzene rings is 1. The van der Waals surface area contributed by atoms with Crippen molar-refractivity contribution in [2.24, 2.45) is 0 Å². The summed E-state index contributed by atoms with van der Waals surface area (Å²) in [5.41, 5.74) is 1.67. The lowest BCUT2D eigenvalue weighted by Gasteiger charge is -2.23. The summed E-state index contributed by atoms with van der Waals surface area (Å²) in [6.07, 6.45) is -0.0942. The summed E-state index contributed by atoms with van der Waals surface area (Å²) < 4.78 is 0.728. The van der Waals surface area contributed by atoms with E-state index in [1.54, 1.807) is 0 Å². The second kappa shape index (κ2) is 6.87. The number of hydrogen-bond acceptors (Lipinski definition) is 3. The molecule has 0 aliphatic rings. The summed E-state index contributed by atoms with van der Waals surface area (Å²) in [6, 6.07) is 9.27. The number of thiophene rings is 1. The second-order valence-electron chi connectivity index (χ2n) is 4.48. The van der Waals surface area contributed by atoms with E-state index in [1.165, 1.54) is 16.2 Å². The van der Waals surface area contributed by atoms with E-state index in [0.717, 1.165) is 15.7 Å². The number of para-hydroxylation sites is 1. The largest absolute Gasteiger partial charge is 0.481 e. The van der Waals surface area contributed by atoms with Crippen molar-refractivity contribution in [1.29, 1.82) is 0 Å². The molecule has 21 heavy (non-hydrogen) atoms. The monoisotopic (exact) mass is 367 g/mol. The molecule has 0 saturated heterocycles. The Labute approximate surface area is 135 Å². The first-order valence-electron chi connectivity index (χ1n) is 6.33. The molecule has 0 bridgehead atoms. The number of aliphatic carboxylic acids is 1. The molecule has 1 heterocycles. The van der Waals surface area contributed by atoms with Crippen LogP contribution in [0.1, 0.15) is 21.7 Å². The van der Waals surface area contributed by atoms with Gasteiger partial charge in [0, 0.05) is 16.7 Å². The number of nitrogens with zero attached hydrogens (tertiary/aromatic N) is 1. The van der Waals surface area contributed by atoms with Crippen LogP contribution in [-0.2, 0) is 4.79 Å². The van der Waals surface area contributed by atoms with Crippen LogP contribution in [0.4, 0.5) is 5.69 Å². The molecule has 1 aromatic carbocycles. The normalized spacial score (nSPS) is 10.4. The van der Waals surface area contributed by atoms with Gasteiger partial charge in [0.2, 0.25) is 0 Å². The van der Waals surface area contributed by atoms with Gasteiger partial charge in [-0.05, 0) is 45.9 Å². The maximum atomic E-state index is 12.7. The number of rotatable bonds is 5. The van der Waals surface area contributed by atoms with E-state index in [4.69, 9.17) is 5.11 Å². The van der Waals surface area contributed by atoms with Crippen LogP contribution in [0.2, 0.25) is 0 Å². The molecule has 0 aliphatic heterocycles. The summed E-state index contributed by atoms with van der Waals surface area (Å²) in [5, 5.41) is 10.7. The molecule has 2 rings (SSSR count). The van der Waals surface area contributed by atoms with Crippen LogP contribution in [0.3, 0.4) is 0 Å². The molecule has 0 saturated carbocycles. The molecule has 1 amide bonds. The van der Waals surface area contributed by atoms with E-state index < -0.39 is 5.97 Å². The number of carboxylic acids is 1. The van der Waals surface area contributed by atoms with Crippen molar-refractivity contribution in [3.8, 4) is 0 Å². The predicted octanol–water partition coefficient (Wildman–Crippen LogP) is 3.94. The van der Waals surface area contributed by atoms with Gasteiger partial charge in [0.1, 0.15) is 4.88 Å². The maximum Gasteiger partial charge on any atom is 0.305 e. The summed E-state index contributed by atoms with van der Waals surface area (Å²) >= 11 is 4.69. The fraction of sp³-hybridized carbons (Fsp3) is 0.200. The van der Waals surface area contributed by atoms with Crippen molar-refractivity contribution in [3.63, 3.8) is 0 Å². The first kappa shape index (κ1) is 15.7. The number of amides is 1. The minimum Gasteiger partial charge on any atom is -0.481 e. The molecule has 0 unspecified atom stereocenters. The Morgan fingerprint density at radius 2 is 2.00 bits per heavy atom. The summed E-state index contributed by atoms with van der Waals surface area (Å²) in [4.78, 5) is 25.7. The zero-order valence-corrected chi connectivity index (χ0v) is 13.8. The van der Waals surface area contributed by atoms with Crippen LogP contribution >= 0.6 is 27.3 Å². The van der Waals surface area contributed by atoms with Crippen molar-refractivity contribution < 1.29 is 14.7 Å². The zero-order chi connectivity index (χ0) is 15.4. The maximum absolute atomic E-state index is 12.7. The van der Waals surface area contributed by atoms with Crippen molar-refractivity contribution in [1.82, 2.24) is 0 Å². The van der Waals surface area contributed by atoms with Crippen LogP contribution in [0.25, 0.3) is 0 Å². The summed E-state index contributed by atoms with van der Waals surface area (Å²) in [6.45, 7) is 2.04. The number of carbonyl (C=O) groups is 2. The third-order valence-electron chi connectivity index (χ3n) is 3.01. The van der Waals surface area contributed by atoms with Gasteiger partial charge in [0.25, 0.3) is 5.91 Å². The fourth-order valence-corrected chi connectivity index (χ4v) is 3.46. The molecular formula is C15H14BrNO3S. The van der Waals surface area contributed by atoms with E-state index in [-0.39, 0.29) is 18.9 Å². The fourth-order valence-electron chi connectivity index (χ4n) is 1.97. The lowest BCUT2D eigenvalue weighted by atomic mass is 10.1. The molecule has 0 spiro atoms. The molecule has 0 aliphatic carbocycles. The van der Waals surface area contributed by atoms with Gasteiger partial charge in [0.05, 0.1) is 6.42 Å². The number of aryl methyl sites for hydroxylation is 1. The van der Waals surface area contributed by atoms with Gasteiger partial charge in [-0.2, -0.15) is 0 Å². The molecule has 4 nitrogen and oxygen atoms in total. The lowest BCUT2D eigenvalue weighted by Crippen LogP contribution is -2.33. The number of carboxylic acid groups (broad SMARTS) is 1. The van der Waals surface area contributed by atoms with Gasteiger partial charge in [-0.3, -0.25) is 9.59 Å². The van der Waals surface area contributed by atoms with Crippen molar-refractivity contribution in [3.05, 3.63) is 50.6 Å². The van der Waals surface area contributed by atoms with E-state index in [2.05, 4.69) is 15.9 Å². The molecule has 0 fully saturated rings. The number of anilines is 1. The molecule has 0 atom stereocenters. The van der Waals surface area contributed by atoms with Crippen molar-refractivity contribution in [2.45, 2.75) is 13.3 Å². The molecule has 1 aromatic heterocycles. The average molecular weight is 368 g/mol. The Morgan fingerprint density at radius 3 is 2.57 bits per heavy atom. The number of carbonyl (C=O) groups excluding carboxylic acids is 1. The highest BCUT2D eigenvalue weighted by Crippen LogP contribution is 2.28. The summed E-state index contributed by atoms with van der Waals surface area (Å²) in [7, 11) is 0. The lowest BCUT2D eigenvalue weighted by molar-refractivity contribution is -0.136. The van der Waals surface area contributed by atoms with Crippen LogP contribution in [0.5, 0.6) is 0 Å². The third-order valence-corrected chi connectivity index (χ3v) is 4.84. The molecule has 6 heteroatoms. The Hall–Kier alpha value is -1.66. The van der Waals surface area contributed by atoms with Crippen molar-refractivity contribution >= 4 is 44.8 Å². The minimum absolute atomic E-state index is 0.0942. The van der Waals surface area contributed by atoms with Crippen LogP contribution in [0, 0.1) is 6.92 Å². The highest BCUT2D eigenvalue weighted by Gasteiger charge is 2.22. The first-order valence-corrected chi connectivity index (χ1v) is 8.00. The van der Waals surface area contributed by atoms with Crippen molar-refractivity contribution in [2.75, 3.05) is 11.4 Å². The molecular weight excluding hydrogens is 354 g/mol. The quantitative estimate of drug-likeness (QED) is 0.870. The van der Waals surface area contributed by atoms with Crippen LogP contribution < -0.4 is 4.90 Å². The standard InChI is InChI=1S/C15H14BrNO3S/c1-10-4-2-3-5-12(10)17(8-6-13(18)19)15(20)14-11(16)7-9-21-14/h2-5,7,9H,6,8H2,1H3,(H,18,19). The SMILES string of the molecule is Cc1ccccc1N(CCC(=O)O)C(=O)c1sccc1Br. The minimum atomic E-state index is -0.924. The van der Waals surface area contributed by atoms with E-state index in [1.807, 2.05) is 42.6 Å². The second-order valence-corrected chi connectivity index (χ2v) is 6.26. The number of halogens is 1. The van der Waals surface area contributed by atoms with Gasteiger partial charge in [-0.25, -0.2) is 0 Å². The Kier molecular flexibility index (Phi) is 5.14. The number of hydrogen-bond donors (Lipinski definition) is 1. The van der Waals surface area contributed by atoms with Crippen LogP contribution in [-0.4, -0.2) is 23.5 Å². The smallest absolute Gasteiger partial charge is 0.305 e. The molecule has 110 valence electrons. The average Bonchev–Trinajstić information content (AvgIpc) is 2.86. The highest BCUT2D eigenvalue weighted by molar-refractivity contribution is 9.10. The Bertz CT molecular complexity index is 668. The molecule has 0 radical (unpaired) electrons. The van der Waals surface area contributed by atoms with E-state index in [0.29, 0.717) is 4.88 Å². The van der Waals surface area contributed by atoms with E-state index in [9.17, 15) is 9.59 Å². The first-order chi connectivity index (χ1) is 10.0. The van der Waals surface area contributed by atoms with Gasteiger partial charge in [0.15, 0.2) is 0 Å². The Balaban J connectivity index is 2.37. The van der Waals surface area contributed by atoms with Gasteiger partial charge >= 0.3 is 5.97 Å². The van der Waals surface area contributed by atoms with Crippen LogP contribution in [0.15, 0.2) is 40.2 Å². The van der Waals surface area contributed by atoms with Gasteiger partial charge in [-0.15, -0.1) is 11.3 Å². The van der Waals surface area contributed by atoms with E-state index >= 15 is 0 Å². The summed E-state index contributed by atoms with van der Waals surface area (Å²) in [5.74, 6) is -1.11. The highest BCUT2D eigenvalue weighted by atomic mass is 79.9.